The van der Waals surface area contributed by atoms with Gasteiger partial charge in [0.2, 0.25) is 5.95 Å². The lowest BCUT2D eigenvalue weighted by atomic mass is 9.94. The molecule has 1 aliphatic rings. The van der Waals surface area contributed by atoms with Gasteiger partial charge < -0.3 is 25.4 Å². The molecular weight excluding hydrogens is 775 g/mol. The summed E-state index contributed by atoms with van der Waals surface area (Å²) in [5, 5.41) is 10.1. The Labute approximate surface area is 359 Å². The van der Waals surface area contributed by atoms with Crippen LogP contribution < -0.4 is 25.4 Å². The van der Waals surface area contributed by atoms with Gasteiger partial charge in [0, 0.05) is 52.8 Å². The molecule has 1 aliphatic heterocycles. The number of amides is 1. The van der Waals surface area contributed by atoms with Crippen LogP contribution in [0.25, 0.3) is 11.3 Å². The summed E-state index contributed by atoms with van der Waals surface area (Å²) >= 11 is 6.45. The summed E-state index contributed by atoms with van der Waals surface area (Å²) in [4.78, 5) is 27.3. The summed E-state index contributed by atoms with van der Waals surface area (Å²) in [5.41, 5.74) is 4.46. The number of benzene rings is 3. The fourth-order valence-electron chi connectivity index (χ4n) is 6.55. The molecule has 0 atom stereocenters. The first-order valence-electron chi connectivity index (χ1n) is 20.7. The Morgan fingerprint density at radius 2 is 1.52 bits per heavy atom. The van der Waals surface area contributed by atoms with Gasteiger partial charge >= 0.3 is 0 Å². The number of unbranched alkanes of at least 4 members (excludes halogenated alkanes) is 2. The number of halogens is 2. The van der Waals surface area contributed by atoms with E-state index in [1.807, 2.05) is 6.07 Å². The Kier molecular flexibility index (Phi) is 18.8. The lowest BCUT2D eigenvalue weighted by Gasteiger charge is -2.15. The van der Waals surface area contributed by atoms with Crippen LogP contribution in [0.15, 0.2) is 127 Å². The lowest BCUT2D eigenvalue weighted by Crippen LogP contribution is -2.32. The first-order chi connectivity index (χ1) is 29.4. The zero-order valence-electron chi connectivity index (χ0n) is 34.9. The number of rotatable bonds is 23. The average molecular weight is 831 g/mol. The fraction of sp³-hybridized carbons (Fsp3) is 0.306. The number of anilines is 2. The smallest absolute Gasteiger partial charge is 0.255 e. The molecular formula is C49H56ClFN6O3. The molecule has 60 heavy (non-hydrogen) atoms. The molecule has 5 rings (SSSR count). The molecule has 0 saturated carbocycles. The van der Waals surface area contributed by atoms with Crippen LogP contribution in [0.2, 0.25) is 5.02 Å². The van der Waals surface area contributed by atoms with Crippen molar-refractivity contribution in [2.45, 2.75) is 64.8 Å². The highest BCUT2D eigenvalue weighted by Gasteiger charge is 2.25. The van der Waals surface area contributed by atoms with Gasteiger partial charge in [0.05, 0.1) is 43.3 Å². The van der Waals surface area contributed by atoms with Crippen LogP contribution >= 0.6 is 11.6 Å². The van der Waals surface area contributed by atoms with Crippen molar-refractivity contribution in [3.05, 3.63) is 155 Å². The second-order valence-electron chi connectivity index (χ2n) is 14.0. The van der Waals surface area contributed by atoms with Crippen LogP contribution in [0.1, 0.15) is 85.3 Å². The van der Waals surface area contributed by atoms with E-state index in [9.17, 15) is 4.79 Å². The van der Waals surface area contributed by atoms with E-state index < -0.39 is 5.82 Å². The van der Waals surface area contributed by atoms with Crippen molar-refractivity contribution in [2.24, 2.45) is 4.99 Å². The van der Waals surface area contributed by atoms with Gasteiger partial charge in [-0.1, -0.05) is 91.4 Å². The number of hydrogen-bond acceptors (Lipinski definition) is 8. The fourth-order valence-corrected chi connectivity index (χ4v) is 6.73. The standard InChI is InChI=1S/C49H56ClFN6O3/c1-4-5-6-7-8-9-10-11-12-13-14-15-16-17-18-19-20-21-29-52-30-31-53-48(58)40-28-26-38(33-44(40)60-3)56-49-55-35-36-34-54-47(45-42(51)23-22-24-43(45)59-2)41-32-37(50)25-27-39(41)46(36)57-49/h5-6,8-9,11-12,14-15,17-18,22-28,32-33,35,52H,4,7,10,13,16,19-21,29-31,34H2,1-3H3,(H,53,58)(H,55,56,57)/b6-5-,9-8?,12-11?,15-14-,18-17-. The van der Waals surface area contributed by atoms with Crippen LogP contribution in [-0.4, -0.2) is 55.4 Å². The van der Waals surface area contributed by atoms with Crippen LogP contribution in [0.3, 0.4) is 0 Å². The molecule has 0 saturated heterocycles. The number of carbonyl (C=O) groups is 1. The average Bonchev–Trinajstić information content (AvgIpc) is 3.41. The van der Waals surface area contributed by atoms with Crippen LogP contribution in [0.5, 0.6) is 11.5 Å². The number of methoxy groups -OCH3 is 2. The van der Waals surface area contributed by atoms with Gasteiger partial charge in [-0.15, -0.1) is 0 Å². The van der Waals surface area contributed by atoms with E-state index in [0.29, 0.717) is 63.8 Å². The highest BCUT2D eigenvalue weighted by molar-refractivity contribution is 6.31. The second-order valence-corrected chi connectivity index (χ2v) is 14.4. The van der Waals surface area contributed by atoms with Crippen molar-refractivity contribution in [3.8, 4) is 22.8 Å². The molecule has 0 bridgehead atoms. The minimum absolute atomic E-state index is 0.216. The van der Waals surface area contributed by atoms with E-state index in [-0.39, 0.29) is 18.0 Å². The molecule has 0 spiro atoms. The van der Waals surface area contributed by atoms with Gasteiger partial charge in [-0.25, -0.2) is 14.4 Å². The van der Waals surface area contributed by atoms with Crippen LogP contribution in [-0.2, 0) is 6.54 Å². The summed E-state index contributed by atoms with van der Waals surface area (Å²) in [6, 6.07) is 15.3. The van der Waals surface area contributed by atoms with E-state index in [4.69, 9.17) is 31.1 Å². The molecule has 0 unspecified atom stereocenters. The van der Waals surface area contributed by atoms with Crippen LogP contribution in [0, 0.1) is 5.82 Å². The van der Waals surface area contributed by atoms with E-state index in [2.05, 4.69) is 88.6 Å². The summed E-state index contributed by atoms with van der Waals surface area (Å²) < 4.78 is 26.4. The number of aromatic nitrogens is 2. The molecule has 314 valence electrons. The molecule has 0 radical (unpaired) electrons. The molecule has 1 aromatic heterocycles. The molecule has 0 fully saturated rings. The number of fused-ring (bicyclic) bond motifs is 3. The minimum atomic E-state index is -0.458. The normalized spacial score (nSPS) is 12.7. The molecule has 3 aromatic carbocycles. The maximum atomic E-state index is 15.3. The van der Waals surface area contributed by atoms with Gasteiger partial charge in [0.25, 0.3) is 5.91 Å². The van der Waals surface area contributed by atoms with Crippen molar-refractivity contribution >= 4 is 34.9 Å². The molecule has 11 heteroatoms. The Morgan fingerprint density at radius 3 is 2.23 bits per heavy atom. The van der Waals surface area contributed by atoms with Crippen molar-refractivity contribution < 1.29 is 18.7 Å². The zero-order chi connectivity index (χ0) is 42.4. The third-order valence-corrected chi connectivity index (χ3v) is 9.85. The number of hydrogen-bond donors (Lipinski definition) is 3. The second kappa shape index (κ2) is 24.9. The van der Waals surface area contributed by atoms with Crippen molar-refractivity contribution in [3.63, 3.8) is 0 Å². The SMILES string of the molecule is CC/C=C\CC=CCC=CC/C=C\C/C=C\CCCCNCCNC(=O)c1ccc(Nc2ncc3c(n2)-c2ccc(Cl)cc2C(c2c(F)cccc2OC)=NC3)cc1OC. The zero-order valence-corrected chi connectivity index (χ0v) is 35.6. The Bertz CT molecular complexity index is 2210. The Morgan fingerprint density at radius 1 is 0.800 bits per heavy atom. The van der Waals surface area contributed by atoms with Gasteiger partial charge in [0.1, 0.15) is 17.3 Å². The first-order valence-corrected chi connectivity index (χ1v) is 21.0. The Hall–Kier alpha value is -5.84. The van der Waals surface area contributed by atoms with Gasteiger partial charge in [0.15, 0.2) is 0 Å². The van der Waals surface area contributed by atoms with E-state index in [1.165, 1.54) is 20.3 Å². The largest absolute Gasteiger partial charge is 0.496 e. The topological polar surface area (TPSA) is 110 Å². The third kappa shape index (κ3) is 13.6. The van der Waals surface area contributed by atoms with Gasteiger partial charge in [-0.05, 0) is 94.3 Å². The molecule has 0 aliphatic carbocycles. The maximum absolute atomic E-state index is 15.3. The summed E-state index contributed by atoms with van der Waals surface area (Å²) in [5.74, 6) is 0.413. The highest BCUT2D eigenvalue weighted by atomic mass is 35.5. The van der Waals surface area contributed by atoms with Gasteiger partial charge in [-0.2, -0.15) is 0 Å². The number of allylic oxidation sites excluding steroid dienone is 10. The number of carbonyl (C=O) groups excluding carboxylic acids is 1. The van der Waals surface area contributed by atoms with E-state index in [0.717, 1.165) is 69.0 Å². The summed E-state index contributed by atoms with van der Waals surface area (Å²) in [7, 11) is 3.02. The molecule has 1 amide bonds. The molecule has 2 heterocycles. The van der Waals surface area contributed by atoms with E-state index in [1.54, 1.807) is 48.7 Å². The van der Waals surface area contributed by atoms with E-state index >= 15 is 4.39 Å². The number of nitrogens with zero attached hydrogens (tertiary/aromatic N) is 3. The molecule has 3 N–H and O–H groups in total. The quantitative estimate of drug-likeness (QED) is 0.0504. The monoisotopic (exact) mass is 830 g/mol. The lowest BCUT2D eigenvalue weighted by molar-refractivity contribution is 0.0951. The molecule has 4 aromatic rings. The number of aliphatic imine (C=N–C) groups is 1. The highest BCUT2D eigenvalue weighted by Crippen LogP contribution is 2.36. The number of nitrogens with one attached hydrogen (secondary N) is 3. The third-order valence-electron chi connectivity index (χ3n) is 9.62. The maximum Gasteiger partial charge on any atom is 0.255 e. The van der Waals surface area contributed by atoms with Crippen molar-refractivity contribution in [1.82, 2.24) is 20.6 Å². The first kappa shape index (κ1) is 45.2. The van der Waals surface area contributed by atoms with Crippen LogP contribution in [0.4, 0.5) is 16.0 Å². The summed E-state index contributed by atoms with van der Waals surface area (Å²) in [6.45, 7) is 4.41. The predicted molar refractivity (Wildman–Crippen MR) is 245 cm³/mol. The Balaban J connectivity index is 1.04. The predicted octanol–water partition coefficient (Wildman–Crippen LogP) is 11.3. The van der Waals surface area contributed by atoms with Gasteiger partial charge in [-0.3, -0.25) is 9.79 Å². The molecule has 9 nitrogen and oxygen atoms in total. The van der Waals surface area contributed by atoms with Crippen molar-refractivity contribution in [1.29, 1.82) is 0 Å². The minimum Gasteiger partial charge on any atom is -0.496 e. The number of ether oxygens (including phenoxy) is 2. The summed E-state index contributed by atoms with van der Waals surface area (Å²) in [6.07, 6.45) is 32.1. The van der Waals surface area contributed by atoms with Crippen molar-refractivity contribution in [2.75, 3.05) is 39.2 Å².